The second kappa shape index (κ2) is 6.17. The highest BCUT2D eigenvalue weighted by Gasteiger charge is 2.74. The number of rotatable bonds is 4. The van der Waals surface area contributed by atoms with Crippen molar-refractivity contribution in [3.8, 4) is 5.75 Å². The highest BCUT2D eigenvalue weighted by molar-refractivity contribution is 7.46. The Morgan fingerprint density at radius 1 is 1.19 bits per heavy atom. The Morgan fingerprint density at radius 2 is 1.89 bits per heavy atom. The molecule has 3 aliphatic carbocycles. The summed E-state index contributed by atoms with van der Waals surface area (Å²) in [5.74, 6) is 2.03. The van der Waals surface area contributed by atoms with E-state index < -0.39 is 7.82 Å². The summed E-state index contributed by atoms with van der Waals surface area (Å²) in [7, 11) is -2.90. The number of phosphoric ester groups is 1. The third kappa shape index (κ3) is 2.64. The first-order chi connectivity index (χ1) is 12.8. The SMILES string of the molecule is COC1OOC12C1CC3C(Cl)C(c4ccc(OP(=O)(O)O)cc4)CC2C3C1. The standard InChI is InChI=1S/C18H22ClO7P/c1-23-17-18(26-24-17)10-6-13-14(7-10)16(19)12(8-15(13)18)9-2-4-11(5-3-9)25-27(20,21)22/h2-5,10,12-17H,6-8H2,1H3,(H2,20,21,22). The Hall–Kier alpha value is -0.660. The second-order valence-corrected chi connectivity index (χ2v) is 9.81. The van der Waals surface area contributed by atoms with Crippen molar-refractivity contribution in [1.82, 2.24) is 0 Å². The molecule has 2 bridgehead atoms. The van der Waals surface area contributed by atoms with Crippen LogP contribution >= 0.6 is 19.4 Å². The average Bonchev–Trinajstić information content (AvgIpc) is 3.15. The summed E-state index contributed by atoms with van der Waals surface area (Å²) in [6.45, 7) is 0. The molecule has 8 unspecified atom stereocenters. The molecule has 2 N–H and O–H groups in total. The topological polar surface area (TPSA) is 94.5 Å². The molecule has 0 aromatic heterocycles. The molecule has 3 saturated carbocycles. The summed E-state index contributed by atoms with van der Waals surface area (Å²) < 4.78 is 21.2. The number of methoxy groups -OCH3 is 1. The normalized spacial score (nSPS) is 45.1. The number of benzene rings is 1. The van der Waals surface area contributed by atoms with Gasteiger partial charge in [0.05, 0.1) is 0 Å². The highest BCUT2D eigenvalue weighted by atomic mass is 35.5. The van der Waals surface area contributed by atoms with Gasteiger partial charge in [-0.1, -0.05) is 12.1 Å². The lowest BCUT2D eigenvalue weighted by Crippen LogP contribution is -2.67. The molecule has 1 aliphatic heterocycles. The molecule has 8 atom stereocenters. The van der Waals surface area contributed by atoms with Crippen LogP contribution in [0, 0.1) is 23.7 Å². The zero-order chi connectivity index (χ0) is 19.0. The molecule has 27 heavy (non-hydrogen) atoms. The van der Waals surface area contributed by atoms with Crippen molar-refractivity contribution >= 4 is 19.4 Å². The minimum absolute atomic E-state index is 0.0316. The van der Waals surface area contributed by atoms with Crippen LogP contribution in [0.3, 0.4) is 0 Å². The van der Waals surface area contributed by atoms with Crippen molar-refractivity contribution in [3.05, 3.63) is 29.8 Å². The molecule has 1 aromatic rings. The highest BCUT2D eigenvalue weighted by Crippen LogP contribution is 2.69. The molecule has 1 aromatic carbocycles. The lowest BCUT2D eigenvalue weighted by molar-refractivity contribution is -0.577. The van der Waals surface area contributed by atoms with E-state index in [1.54, 1.807) is 19.2 Å². The van der Waals surface area contributed by atoms with Gasteiger partial charge in [0, 0.05) is 24.3 Å². The van der Waals surface area contributed by atoms with Crippen LogP contribution in [0.2, 0.25) is 0 Å². The number of phosphoric acid groups is 1. The molecule has 5 rings (SSSR count). The minimum atomic E-state index is -4.56. The van der Waals surface area contributed by atoms with E-state index in [4.69, 9.17) is 35.9 Å². The van der Waals surface area contributed by atoms with Gasteiger partial charge in [0.15, 0.2) is 5.60 Å². The summed E-state index contributed by atoms with van der Waals surface area (Å²) >= 11 is 6.92. The van der Waals surface area contributed by atoms with E-state index >= 15 is 0 Å². The number of halogens is 1. The monoisotopic (exact) mass is 416 g/mol. The zero-order valence-electron chi connectivity index (χ0n) is 14.7. The van der Waals surface area contributed by atoms with Crippen LogP contribution in [0.15, 0.2) is 24.3 Å². The summed E-state index contributed by atoms with van der Waals surface area (Å²) in [5.41, 5.74) is 0.695. The number of fused-ring (bicyclic) bond motifs is 3. The maximum absolute atomic E-state index is 11.0. The Balaban J connectivity index is 1.41. The van der Waals surface area contributed by atoms with Crippen molar-refractivity contribution in [2.75, 3.05) is 7.11 Å². The van der Waals surface area contributed by atoms with Crippen molar-refractivity contribution in [2.45, 2.75) is 42.4 Å². The van der Waals surface area contributed by atoms with Gasteiger partial charge in [-0.3, -0.25) is 9.79 Å². The zero-order valence-corrected chi connectivity index (χ0v) is 16.4. The van der Waals surface area contributed by atoms with Crippen LogP contribution in [-0.4, -0.2) is 34.2 Å². The molecule has 4 aliphatic rings. The molecule has 1 spiro atoms. The van der Waals surface area contributed by atoms with E-state index in [0.29, 0.717) is 23.7 Å². The first kappa shape index (κ1) is 18.4. The fourth-order valence-corrected chi connectivity index (χ4v) is 7.08. The largest absolute Gasteiger partial charge is 0.524 e. The molecular weight excluding hydrogens is 395 g/mol. The summed E-state index contributed by atoms with van der Waals surface area (Å²) in [5, 5.41) is 0.0316. The molecule has 4 fully saturated rings. The Kier molecular flexibility index (Phi) is 4.20. The minimum Gasteiger partial charge on any atom is -0.404 e. The molecule has 148 valence electrons. The molecule has 1 saturated heterocycles. The van der Waals surface area contributed by atoms with E-state index in [0.717, 1.165) is 24.8 Å². The van der Waals surface area contributed by atoms with E-state index in [2.05, 4.69) is 4.52 Å². The second-order valence-electron chi connectivity index (χ2n) is 8.14. The predicted molar refractivity (Wildman–Crippen MR) is 95.0 cm³/mol. The van der Waals surface area contributed by atoms with Crippen molar-refractivity contribution in [3.63, 3.8) is 0 Å². The smallest absolute Gasteiger partial charge is 0.404 e. The third-order valence-corrected chi connectivity index (χ3v) is 8.17. The van der Waals surface area contributed by atoms with Crippen LogP contribution in [-0.2, 0) is 19.1 Å². The number of hydrogen-bond acceptors (Lipinski definition) is 5. The first-order valence-electron chi connectivity index (χ1n) is 9.20. The van der Waals surface area contributed by atoms with Crippen LogP contribution < -0.4 is 4.52 Å². The van der Waals surface area contributed by atoms with E-state index in [1.165, 1.54) is 0 Å². The van der Waals surface area contributed by atoms with Crippen LogP contribution in [0.4, 0.5) is 0 Å². The summed E-state index contributed by atoms with van der Waals surface area (Å²) in [6, 6.07) is 6.85. The lowest BCUT2D eigenvalue weighted by Gasteiger charge is -2.57. The van der Waals surface area contributed by atoms with Crippen LogP contribution in [0.25, 0.3) is 0 Å². The average molecular weight is 417 g/mol. The number of ether oxygens (including phenoxy) is 1. The molecule has 0 amide bonds. The fourth-order valence-electron chi connectivity index (χ4n) is 6.15. The van der Waals surface area contributed by atoms with Crippen molar-refractivity contribution in [2.24, 2.45) is 23.7 Å². The Labute approximate surface area is 162 Å². The maximum Gasteiger partial charge on any atom is 0.524 e. The van der Waals surface area contributed by atoms with Gasteiger partial charge < -0.3 is 9.26 Å². The molecule has 0 radical (unpaired) electrons. The van der Waals surface area contributed by atoms with Gasteiger partial charge in [-0.2, -0.15) is 0 Å². The van der Waals surface area contributed by atoms with Crippen LogP contribution in [0.5, 0.6) is 5.75 Å². The first-order valence-corrected chi connectivity index (χ1v) is 11.2. The molecule has 1 heterocycles. The fraction of sp³-hybridized carbons (Fsp3) is 0.667. The van der Waals surface area contributed by atoms with Gasteiger partial charge in [0.25, 0.3) is 0 Å². The van der Waals surface area contributed by atoms with E-state index in [1.807, 2.05) is 12.1 Å². The predicted octanol–water partition coefficient (Wildman–Crippen LogP) is 3.20. The van der Waals surface area contributed by atoms with E-state index in [-0.39, 0.29) is 28.9 Å². The summed E-state index contributed by atoms with van der Waals surface area (Å²) in [6.07, 6.45) is 2.70. The van der Waals surface area contributed by atoms with E-state index in [9.17, 15) is 4.57 Å². The van der Waals surface area contributed by atoms with Crippen LogP contribution in [0.1, 0.15) is 30.7 Å². The third-order valence-electron chi connectivity index (χ3n) is 7.09. The molecule has 9 heteroatoms. The Morgan fingerprint density at radius 3 is 2.48 bits per heavy atom. The lowest BCUT2D eigenvalue weighted by atomic mass is 9.59. The van der Waals surface area contributed by atoms with Crippen molar-refractivity contribution < 1.29 is 33.4 Å². The molecular formula is C18H22ClO7P. The van der Waals surface area contributed by atoms with Gasteiger partial charge in [-0.25, -0.2) is 14.3 Å². The number of alkyl halides is 1. The maximum atomic E-state index is 11.0. The van der Waals surface area contributed by atoms with Gasteiger partial charge >= 0.3 is 7.82 Å². The number of hydrogen-bond donors (Lipinski definition) is 2. The van der Waals surface area contributed by atoms with Gasteiger partial charge in [-0.15, -0.1) is 11.6 Å². The molecule has 7 nitrogen and oxygen atoms in total. The Bertz CT molecular complexity index is 780. The quantitative estimate of drug-likeness (QED) is 0.442. The van der Waals surface area contributed by atoms with Gasteiger partial charge in [0.2, 0.25) is 6.29 Å². The van der Waals surface area contributed by atoms with Crippen molar-refractivity contribution in [1.29, 1.82) is 0 Å². The summed E-state index contributed by atoms with van der Waals surface area (Å²) in [4.78, 5) is 28.9. The van der Waals surface area contributed by atoms with Gasteiger partial charge in [-0.05, 0) is 54.7 Å². The van der Waals surface area contributed by atoms with Gasteiger partial charge in [0.1, 0.15) is 5.75 Å².